The Morgan fingerprint density at radius 3 is 2.71 bits per heavy atom. The highest BCUT2D eigenvalue weighted by atomic mass is 16.5. The molecule has 4 nitrogen and oxygen atoms in total. The van der Waals surface area contributed by atoms with Gasteiger partial charge in [-0.3, -0.25) is 0 Å². The Bertz CT molecular complexity index is 402. The molecular weight excluding hydrogens is 220 g/mol. The lowest BCUT2D eigenvalue weighted by atomic mass is 10.2. The van der Waals surface area contributed by atoms with Crippen molar-refractivity contribution in [3.05, 3.63) is 35.9 Å². The summed E-state index contributed by atoms with van der Waals surface area (Å²) in [5.74, 6) is 3.10. The number of carboxylic acid groups (broad SMARTS) is 1. The van der Waals surface area contributed by atoms with Gasteiger partial charge in [0.1, 0.15) is 0 Å². The smallest absolute Gasteiger partial charge is 0.381 e. The molecule has 0 saturated carbocycles. The molecule has 0 aliphatic rings. The Labute approximate surface area is 99.8 Å². The Balaban J connectivity index is 2.19. The summed E-state index contributed by atoms with van der Waals surface area (Å²) >= 11 is 0. The van der Waals surface area contributed by atoms with Crippen molar-refractivity contribution < 1.29 is 19.7 Å². The second-order valence-electron chi connectivity index (χ2n) is 3.47. The molecule has 1 aromatic rings. The molecular formula is C13H14O4. The molecule has 0 aromatic heterocycles. The molecule has 1 aromatic carbocycles. The van der Waals surface area contributed by atoms with E-state index in [0.717, 1.165) is 5.56 Å². The highest BCUT2D eigenvalue weighted by Gasteiger charge is 2.02. The molecule has 0 amide bonds. The molecule has 0 fully saturated rings. The van der Waals surface area contributed by atoms with Crippen LogP contribution in [0.1, 0.15) is 12.0 Å². The van der Waals surface area contributed by atoms with Crippen molar-refractivity contribution in [2.24, 2.45) is 0 Å². The minimum absolute atomic E-state index is 0.0983. The molecule has 1 atom stereocenters. The van der Waals surface area contributed by atoms with Crippen molar-refractivity contribution in [2.75, 3.05) is 6.61 Å². The molecule has 0 aliphatic heterocycles. The van der Waals surface area contributed by atoms with Crippen LogP contribution in [0, 0.1) is 11.8 Å². The normalized spacial score (nSPS) is 11.4. The lowest BCUT2D eigenvalue weighted by Crippen LogP contribution is -2.14. The summed E-state index contributed by atoms with van der Waals surface area (Å²) in [6, 6.07) is 9.59. The lowest BCUT2D eigenvalue weighted by molar-refractivity contribution is -0.130. The fourth-order valence-electron chi connectivity index (χ4n) is 1.19. The summed E-state index contributed by atoms with van der Waals surface area (Å²) in [5.41, 5.74) is 1.02. The zero-order valence-electron chi connectivity index (χ0n) is 9.30. The summed E-state index contributed by atoms with van der Waals surface area (Å²) < 4.78 is 5.27. The van der Waals surface area contributed by atoms with E-state index in [-0.39, 0.29) is 13.0 Å². The van der Waals surface area contributed by atoms with Gasteiger partial charge in [0.05, 0.1) is 19.3 Å². The van der Waals surface area contributed by atoms with Crippen LogP contribution in [0.2, 0.25) is 0 Å². The topological polar surface area (TPSA) is 66.8 Å². The number of hydrogen-bond acceptors (Lipinski definition) is 3. The SMILES string of the molecule is O=C(O)C#CC[C@H](O)COCc1ccccc1. The van der Waals surface area contributed by atoms with Gasteiger partial charge in [0, 0.05) is 12.3 Å². The number of carboxylic acids is 1. The van der Waals surface area contributed by atoms with E-state index in [4.69, 9.17) is 9.84 Å². The third-order valence-corrected chi connectivity index (χ3v) is 1.95. The minimum Gasteiger partial charge on any atom is -0.472 e. The van der Waals surface area contributed by atoms with Crippen LogP contribution in [-0.2, 0) is 16.1 Å². The average Bonchev–Trinajstić information content (AvgIpc) is 2.30. The predicted molar refractivity (Wildman–Crippen MR) is 62.1 cm³/mol. The summed E-state index contributed by atoms with van der Waals surface area (Å²) in [6.45, 7) is 0.563. The average molecular weight is 234 g/mol. The first kappa shape index (κ1) is 13.2. The van der Waals surface area contributed by atoms with Crippen molar-refractivity contribution in [3.63, 3.8) is 0 Å². The fraction of sp³-hybridized carbons (Fsp3) is 0.308. The number of benzene rings is 1. The maximum absolute atomic E-state index is 10.1. The van der Waals surface area contributed by atoms with E-state index in [0.29, 0.717) is 6.61 Å². The number of ether oxygens (including phenoxy) is 1. The van der Waals surface area contributed by atoms with Crippen LogP contribution < -0.4 is 0 Å². The molecule has 0 unspecified atom stereocenters. The molecule has 2 N–H and O–H groups in total. The maximum atomic E-state index is 10.1. The van der Waals surface area contributed by atoms with Gasteiger partial charge in [0.15, 0.2) is 0 Å². The van der Waals surface area contributed by atoms with Gasteiger partial charge in [0.2, 0.25) is 0 Å². The van der Waals surface area contributed by atoms with Gasteiger partial charge >= 0.3 is 5.97 Å². The lowest BCUT2D eigenvalue weighted by Gasteiger charge is -2.08. The highest BCUT2D eigenvalue weighted by molar-refractivity contribution is 5.86. The van der Waals surface area contributed by atoms with Gasteiger partial charge in [-0.25, -0.2) is 4.79 Å². The standard InChI is InChI=1S/C13H14O4/c14-12(7-4-8-13(15)16)10-17-9-11-5-2-1-3-6-11/h1-3,5-6,12,14H,7,9-10H2,(H,15,16)/t12-/m0/s1. The van der Waals surface area contributed by atoms with Crippen LogP contribution in [0.4, 0.5) is 0 Å². The molecule has 0 aliphatic carbocycles. The van der Waals surface area contributed by atoms with Crippen molar-refractivity contribution in [1.29, 1.82) is 0 Å². The zero-order chi connectivity index (χ0) is 12.5. The summed E-state index contributed by atoms with van der Waals surface area (Å²) in [6.07, 6.45) is -0.660. The van der Waals surface area contributed by atoms with Crippen LogP contribution in [0.25, 0.3) is 0 Å². The van der Waals surface area contributed by atoms with Crippen LogP contribution in [0.5, 0.6) is 0 Å². The highest BCUT2D eigenvalue weighted by Crippen LogP contribution is 2.01. The van der Waals surface area contributed by atoms with E-state index in [2.05, 4.69) is 5.92 Å². The van der Waals surface area contributed by atoms with Gasteiger partial charge in [-0.2, -0.15) is 0 Å². The van der Waals surface area contributed by atoms with Gasteiger partial charge in [0.25, 0.3) is 0 Å². The van der Waals surface area contributed by atoms with Crippen LogP contribution in [0.3, 0.4) is 0 Å². The van der Waals surface area contributed by atoms with E-state index >= 15 is 0 Å². The fourth-order valence-corrected chi connectivity index (χ4v) is 1.19. The van der Waals surface area contributed by atoms with Crippen LogP contribution >= 0.6 is 0 Å². The number of aliphatic carboxylic acids is 1. The first-order valence-corrected chi connectivity index (χ1v) is 5.20. The molecule has 90 valence electrons. The first-order chi connectivity index (χ1) is 8.18. The first-order valence-electron chi connectivity index (χ1n) is 5.20. The third kappa shape index (κ3) is 6.36. The van der Waals surface area contributed by atoms with E-state index in [1.807, 2.05) is 36.3 Å². The Hall–Kier alpha value is -1.83. The predicted octanol–water partition coefficient (Wildman–Crippen LogP) is 1.04. The van der Waals surface area contributed by atoms with E-state index < -0.39 is 12.1 Å². The number of carbonyl (C=O) groups is 1. The number of rotatable bonds is 5. The maximum Gasteiger partial charge on any atom is 0.381 e. The Morgan fingerprint density at radius 1 is 1.35 bits per heavy atom. The van der Waals surface area contributed by atoms with Crippen LogP contribution in [0.15, 0.2) is 30.3 Å². The Kier molecular flexibility index (Phi) is 5.80. The van der Waals surface area contributed by atoms with Crippen molar-refractivity contribution in [3.8, 4) is 11.8 Å². The molecule has 1 rings (SSSR count). The van der Waals surface area contributed by atoms with E-state index in [1.165, 1.54) is 0 Å². The molecule has 0 spiro atoms. The van der Waals surface area contributed by atoms with Gasteiger partial charge in [-0.1, -0.05) is 36.3 Å². The summed E-state index contributed by atoms with van der Waals surface area (Å²) in [7, 11) is 0. The largest absolute Gasteiger partial charge is 0.472 e. The van der Waals surface area contributed by atoms with Crippen molar-refractivity contribution >= 4 is 5.97 Å². The number of hydrogen-bond donors (Lipinski definition) is 2. The molecule has 0 radical (unpaired) electrons. The van der Waals surface area contributed by atoms with Crippen molar-refractivity contribution in [2.45, 2.75) is 19.1 Å². The van der Waals surface area contributed by atoms with Gasteiger partial charge in [-0.15, -0.1) is 0 Å². The second-order valence-corrected chi connectivity index (χ2v) is 3.47. The molecule has 4 heteroatoms. The van der Waals surface area contributed by atoms with E-state index in [9.17, 15) is 9.90 Å². The molecule has 17 heavy (non-hydrogen) atoms. The number of aliphatic hydroxyl groups is 1. The quantitative estimate of drug-likeness (QED) is 0.747. The summed E-state index contributed by atoms with van der Waals surface area (Å²) in [4.78, 5) is 10.1. The Morgan fingerprint density at radius 2 is 2.06 bits per heavy atom. The monoisotopic (exact) mass is 234 g/mol. The van der Waals surface area contributed by atoms with Crippen LogP contribution in [-0.4, -0.2) is 28.9 Å². The molecule has 0 heterocycles. The number of aliphatic hydroxyl groups excluding tert-OH is 1. The van der Waals surface area contributed by atoms with E-state index in [1.54, 1.807) is 0 Å². The van der Waals surface area contributed by atoms with Crippen molar-refractivity contribution in [1.82, 2.24) is 0 Å². The molecule has 0 bridgehead atoms. The molecule has 0 saturated heterocycles. The second kappa shape index (κ2) is 7.44. The minimum atomic E-state index is -1.19. The van der Waals surface area contributed by atoms with Gasteiger partial charge in [-0.05, 0) is 5.56 Å². The van der Waals surface area contributed by atoms with Gasteiger partial charge < -0.3 is 14.9 Å². The third-order valence-electron chi connectivity index (χ3n) is 1.95. The summed E-state index contributed by atoms with van der Waals surface area (Å²) in [5, 5.41) is 17.7. The zero-order valence-corrected chi connectivity index (χ0v) is 9.30.